The number of hydrogen-bond acceptors (Lipinski definition) is 5. The molecule has 1 saturated heterocycles. The van der Waals surface area contributed by atoms with E-state index in [1.165, 1.54) is 0 Å². The van der Waals surface area contributed by atoms with Gasteiger partial charge in [-0.3, -0.25) is 9.59 Å². The minimum atomic E-state index is -1.15. The van der Waals surface area contributed by atoms with Gasteiger partial charge in [-0.2, -0.15) is 5.01 Å². The highest BCUT2D eigenvalue weighted by Crippen LogP contribution is 2.24. The molecule has 0 radical (unpaired) electrons. The van der Waals surface area contributed by atoms with Crippen molar-refractivity contribution in [2.45, 2.75) is 25.3 Å². The number of nitrogens with zero attached hydrogens (tertiary/aromatic N) is 4. The van der Waals surface area contributed by atoms with Gasteiger partial charge in [0.2, 0.25) is 5.82 Å². The summed E-state index contributed by atoms with van der Waals surface area (Å²) in [5.41, 5.74) is 3.76. The molecular formula is C27H24N6O3. The van der Waals surface area contributed by atoms with E-state index in [2.05, 4.69) is 20.8 Å². The molecule has 9 heteroatoms. The smallest absolute Gasteiger partial charge is 0.322 e. The van der Waals surface area contributed by atoms with E-state index >= 15 is 0 Å². The molecule has 0 saturated carbocycles. The zero-order chi connectivity index (χ0) is 25.1. The lowest BCUT2D eigenvalue weighted by molar-refractivity contribution is -0.132. The summed E-state index contributed by atoms with van der Waals surface area (Å²) in [5, 5.41) is 7.79. The fourth-order valence-corrected chi connectivity index (χ4v) is 4.08. The van der Waals surface area contributed by atoms with E-state index in [1.807, 2.05) is 91.0 Å². The average molecular weight is 481 g/mol. The third-order valence-corrected chi connectivity index (χ3v) is 6.07. The Bertz CT molecular complexity index is 1350. The highest BCUT2D eigenvalue weighted by molar-refractivity contribution is 6.08. The summed E-state index contributed by atoms with van der Waals surface area (Å²) in [6.07, 6.45) is 0.974. The molecule has 0 spiro atoms. The molecule has 1 aromatic heterocycles. The number of benzene rings is 3. The summed E-state index contributed by atoms with van der Waals surface area (Å²) in [6.45, 7) is 1.65. The van der Waals surface area contributed by atoms with Crippen LogP contribution in [0.25, 0.3) is 17.1 Å². The van der Waals surface area contributed by atoms with Crippen molar-refractivity contribution in [2.75, 3.05) is 0 Å². The minimum absolute atomic E-state index is 0.170. The number of para-hydroxylation sites is 1. The van der Waals surface area contributed by atoms with Gasteiger partial charge in [0.15, 0.2) is 5.82 Å². The molecule has 2 heterocycles. The van der Waals surface area contributed by atoms with Crippen LogP contribution in [0.5, 0.6) is 0 Å². The number of aromatic nitrogens is 3. The van der Waals surface area contributed by atoms with Crippen molar-refractivity contribution in [3.63, 3.8) is 0 Å². The van der Waals surface area contributed by atoms with E-state index in [4.69, 9.17) is 0 Å². The molecule has 0 bridgehead atoms. The Morgan fingerprint density at radius 3 is 2.19 bits per heavy atom. The van der Waals surface area contributed by atoms with Crippen LogP contribution in [0.1, 0.15) is 29.5 Å². The SMILES string of the molecule is C[C@@]1(CCc2ccccc2)NC(=O)N(NC(=O)c2nc(-c3ccccc3)n(-c3ccccc3)n2)C1=O. The van der Waals surface area contributed by atoms with E-state index in [-0.39, 0.29) is 5.82 Å². The number of amides is 4. The van der Waals surface area contributed by atoms with Gasteiger partial charge in [-0.15, -0.1) is 5.10 Å². The zero-order valence-electron chi connectivity index (χ0n) is 19.6. The Hall–Kier alpha value is -4.79. The number of imide groups is 1. The first-order valence-corrected chi connectivity index (χ1v) is 11.5. The molecule has 1 aliphatic rings. The van der Waals surface area contributed by atoms with Crippen molar-refractivity contribution in [2.24, 2.45) is 0 Å². The standard InChI is InChI=1S/C27H24N6O3/c1-27(18-17-19-11-5-2-6-12-19)25(35)33(26(36)29-27)31-24(34)22-28-23(20-13-7-3-8-14-20)32(30-22)21-15-9-4-10-16-21/h2-16H,17-18H2,1H3,(H,29,36)(H,31,34)/t27-/m0/s1. The van der Waals surface area contributed by atoms with Gasteiger partial charge in [0.1, 0.15) is 5.54 Å². The zero-order valence-corrected chi connectivity index (χ0v) is 19.6. The number of carbonyl (C=O) groups excluding carboxylic acids is 3. The average Bonchev–Trinajstić information content (AvgIpc) is 3.45. The second kappa shape index (κ2) is 9.46. The predicted octanol–water partition coefficient (Wildman–Crippen LogP) is 3.52. The number of hydrogen-bond donors (Lipinski definition) is 2. The fraction of sp³-hybridized carbons (Fsp3) is 0.148. The van der Waals surface area contributed by atoms with Crippen molar-refractivity contribution < 1.29 is 14.4 Å². The molecule has 9 nitrogen and oxygen atoms in total. The first-order chi connectivity index (χ1) is 17.4. The third-order valence-electron chi connectivity index (χ3n) is 6.07. The Kier molecular flexibility index (Phi) is 6.03. The van der Waals surface area contributed by atoms with Crippen LogP contribution in [-0.4, -0.2) is 43.2 Å². The van der Waals surface area contributed by atoms with E-state index in [0.29, 0.717) is 29.4 Å². The van der Waals surface area contributed by atoms with Crippen LogP contribution in [0, 0.1) is 0 Å². The van der Waals surface area contributed by atoms with E-state index in [1.54, 1.807) is 11.6 Å². The van der Waals surface area contributed by atoms with Gasteiger partial charge in [0.05, 0.1) is 5.69 Å². The number of urea groups is 1. The summed E-state index contributed by atoms with van der Waals surface area (Å²) in [4.78, 5) is 43.3. The molecule has 4 amide bonds. The van der Waals surface area contributed by atoms with Crippen molar-refractivity contribution in [3.05, 3.63) is 102 Å². The summed E-state index contributed by atoms with van der Waals surface area (Å²) in [6, 6.07) is 27.6. The molecule has 5 rings (SSSR count). The van der Waals surface area contributed by atoms with Crippen LogP contribution in [0.3, 0.4) is 0 Å². The molecular weight excluding hydrogens is 456 g/mol. The molecule has 36 heavy (non-hydrogen) atoms. The molecule has 180 valence electrons. The molecule has 2 N–H and O–H groups in total. The summed E-state index contributed by atoms with van der Waals surface area (Å²) < 4.78 is 1.56. The van der Waals surface area contributed by atoms with Crippen molar-refractivity contribution in [3.8, 4) is 17.1 Å². The third kappa shape index (κ3) is 4.46. The predicted molar refractivity (Wildman–Crippen MR) is 133 cm³/mol. The molecule has 1 aliphatic heterocycles. The molecule has 0 unspecified atom stereocenters. The lowest BCUT2D eigenvalue weighted by Crippen LogP contribution is -2.49. The second-order valence-corrected chi connectivity index (χ2v) is 8.70. The summed E-state index contributed by atoms with van der Waals surface area (Å²) >= 11 is 0. The van der Waals surface area contributed by atoms with E-state index in [0.717, 1.165) is 11.1 Å². The largest absolute Gasteiger partial charge is 0.344 e. The first-order valence-electron chi connectivity index (χ1n) is 11.5. The first kappa shape index (κ1) is 23.0. The summed E-state index contributed by atoms with van der Waals surface area (Å²) in [7, 11) is 0. The minimum Gasteiger partial charge on any atom is -0.322 e. The summed E-state index contributed by atoms with van der Waals surface area (Å²) in [5.74, 6) is -1.02. The van der Waals surface area contributed by atoms with Gasteiger partial charge in [0, 0.05) is 5.56 Å². The number of aryl methyl sites for hydroxylation is 1. The molecule has 4 aromatic rings. The number of rotatable bonds is 7. The number of nitrogens with one attached hydrogen (secondary N) is 2. The Balaban J connectivity index is 1.37. The van der Waals surface area contributed by atoms with Gasteiger partial charge in [0.25, 0.3) is 5.91 Å². The van der Waals surface area contributed by atoms with Crippen molar-refractivity contribution >= 4 is 17.8 Å². The topological polar surface area (TPSA) is 109 Å². The normalized spacial score (nSPS) is 17.2. The lowest BCUT2D eigenvalue weighted by Gasteiger charge is -2.21. The van der Waals surface area contributed by atoms with Gasteiger partial charge in [-0.25, -0.2) is 19.9 Å². The number of carbonyl (C=O) groups is 3. The van der Waals surface area contributed by atoms with Gasteiger partial charge in [-0.05, 0) is 37.5 Å². The van der Waals surface area contributed by atoms with Gasteiger partial charge >= 0.3 is 11.9 Å². The van der Waals surface area contributed by atoms with Crippen LogP contribution < -0.4 is 10.7 Å². The monoisotopic (exact) mass is 480 g/mol. The van der Waals surface area contributed by atoms with Crippen LogP contribution in [0.15, 0.2) is 91.0 Å². The van der Waals surface area contributed by atoms with E-state index < -0.39 is 23.4 Å². The van der Waals surface area contributed by atoms with Crippen LogP contribution in [-0.2, 0) is 11.2 Å². The Morgan fingerprint density at radius 1 is 0.917 bits per heavy atom. The fourth-order valence-electron chi connectivity index (χ4n) is 4.08. The van der Waals surface area contributed by atoms with Crippen LogP contribution >= 0.6 is 0 Å². The molecule has 3 aromatic carbocycles. The lowest BCUT2D eigenvalue weighted by atomic mass is 9.93. The highest BCUT2D eigenvalue weighted by Gasteiger charge is 2.48. The number of hydrazine groups is 1. The van der Waals surface area contributed by atoms with Gasteiger partial charge < -0.3 is 5.32 Å². The van der Waals surface area contributed by atoms with E-state index in [9.17, 15) is 14.4 Å². The Morgan fingerprint density at radius 2 is 1.53 bits per heavy atom. The van der Waals surface area contributed by atoms with Crippen molar-refractivity contribution in [1.82, 2.24) is 30.5 Å². The quantitative estimate of drug-likeness (QED) is 0.394. The maximum atomic E-state index is 13.1. The van der Waals surface area contributed by atoms with Crippen LogP contribution in [0.4, 0.5) is 4.79 Å². The second-order valence-electron chi connectivity index (χ2n) is 8.70. The molecule has 0 aliphatic carbocycles. The Labute approximate surface area is 207 Å². The van der Waals surface area contributed by atoms with Crippen molar-refractivity contribution in [1.29, 1.82) is 0 Å². The molecule has 1 atom stereocenters. The van der Waals surface area contributed by atoms with Gasteiger partial charge in [-0.1, -0.05) is 78.9 Å². The maximum Gasteiger partial charge on any atom is 0.344 e. The maximum absolute atomic E-state index is 13.1. The highest BCUT2D eigenvalue weighted by atomic mass is 16.2. The van der Waals surface area contributed by atoms with Crippen LogP contribution in [0.2, 0.25) is 0 Å². The molecule has 1 fully saturated rings.